The highest BCUT2D eigenvalue weighted by molar-refractivity contribution is 5.75. The van der Waals surface area contributed by atoms with Crippen molar-refractivity contribution >= 4 is 5.91 Å². The van der Waals surface area contributed by atoms with Crippen LogP contribution in [0.1, 0.15) is 51.4 Å². The first kappa shape index (κ1) is 16.1. The minimum Gasteiger partial charge on any atom is -0.372 e. The van der Waals surface area contributed by atoms with Crippen LogP contribution in [0.4, 0.5) is 0 Å². The third kappa shape index (κ3) is 11.4. The highest BCUT2D eigenvalue weighted by Crippen LogP contribution is 2.08. The summed E-state index contributed by atoms with van der Waals surface area (Å²) in [7, 11) is 0. The highest BCUT2D eigenvalue weighted by Gasteiger charge is 2.05. The van der Waals surface area contributed by atoms with E-state index in [0.29, 0.717) is 6.42 Å². The van der Waals surface area contributed by atoms with Crippen molar-refractivity contribution in [1.82, 2.24) is 5.32 Å². The van der Waals surface area contributed by atoms with E-state index in [1.165, 1.54) is 25.7 Å². The second-order valence-corrected chi connectivity index (χ2v) is 4.27. The van der Waals surface area contributed by atoms with E-state index in [1.54, 1.807) is 0 Å². The van der Waals surface area contributed by atoms with Crippen LogP contribution in [-0.4, -0.2) is 23.8 Å². The summed E-state index contributed by atoms with van der Waals surface area (Å²) in [5.74, 6) is -0.116. The Balaban J connectivity index is 3.22. The number of hydrogen-bond acceptors (Lipinski definition) is 3. The molecule has 0 aromatic heterocycles. The van der Waals surface area contributed by atoms with Gasteiger partial charge in [-0.2, -0.15) is 0 Å². The van der Waals surface area contributed by atoms with Crippen molar-refractivity contribution in [3.8, 4) is 0 Å². The van der Waals surface area contributed by atoms with Crippen LogP contribution < -0.4 is 11.1 Å². The second-order valence-electron chi connectivity index (χ2n) is 4.27. The zero-order valence-electron chi connectivity index (χ0n) is 10.7. The van der Waals surface area contributed by atoms with E-state index in [9.17, 15) is 4.79 Å². The smallest absolute Gasteiger partial charge is 0.222 e. The van der Waals surface area contributed by atoms with E-state index in [-0.39, 0.29) is 12.5 Å². The quantitative estimate of drug-likeness (QED) is 0.293. The average Bonchev–Trinajstić information content (AvgIpc) is 2.32. The van der Waals surface area contributed by atoms with Gasteiger partial charge >= 0.3 is 0 Å². The van der Waals surface area contributed by atoms with E-state index >= 15 is 0 Å². The summed E-state index contributed by atoms with van der Waals surface area (Å²) in [6.07, 6.45) is 9.42. The first-order chi connectivity index (χ1) is 8.20. The van der Waals surface area contributed by atoms with Crippen LogP contribution >= 0.6 is 0 Å². The molecule has 1 atom stereocenters. The first-order valence-electron chi connectivity index (χ1n) is 6.49. The summed E-state index contributed by atoms with van der Waals surface area (Å²) in [6.45, 7) is 3.75. The summed E-state index contributed by atoms with van der Waals surface area (Å²) >= 11 is 0. The van der Waals surface area contributed by atoms with Gasteiger partial charge < -0.3 is 16.2 Å². The van der Waals surface area contributed by atoms with Gasteiger partial charge in [-0.25, -0.2) is 0 Å². The molecular weight excluding hydrogens is 216 g/mol. The van der Waals surface area contributed by atoms with Gasteiger partial charge in [0.15, 0.2) is 0 Å². The van der Waals surface area contributed by atoms with Gasteiger partial charge in [0.25, 0.3) is 0 Å². The van der Waals surface area contributed by atoms with Crippen molar-refractivity contribution in [3.63, 3.8) is 0 Å². The van der Waals surface area contributed by atoms with Gasteiger partial charge in [-0.15, -0.1) is 6.58 Å². The molecule has 0 spiro atoms. The largest absolute Gasteiger partial charge is 0.372 e. The Morgan fingerprint density at radius 3 is 2.41 bits per heavy atom. The molecule has 0 aliphatic rings. The lowest BCUT2D eigenvalue weighted by atomic mass is 10.1. The van der Waals surface area contributed by atoms with Crippen LogP contribution in [0.25, 0.3) is 0 Å². The molecule has 0 aliphatic heterocycles. The number of carbonyl (C=O) groups is 1. The number of amides is 1. The molecule has 0 aromatic rings. The van der Waals surface area contributed by atoms with Gasteiger partial charge in [-0.05, 0) is 19.3 Å². The molecule has 0 fully saturated rings. The van der Waals surface area contributed by atoms with Crippen LogP contribution in [0, 0.1) is 0 Å². The van der Waals surface area contributed by atoms with Crippen LogP contribution in [0.15, 0.2) is 12.7 Å². The summed E-state index contributed by atoms with van der Waals surface area (Å²) < 4.78 is 0. The van der Waals surface area contributed by atoms with Crippen molar-refractivity contribution in [3.05, 3.63) is 12.7 Å². The maximum Gasteiger partial charge on any atom is 0.222 e. The number of aliphatic hydroxyl groups is 1. The Morgan fingerprint density at radius 2 is 1.82 bits per heavy atom. The lowest BCUT2D eigenvalue weighted by molar-refractivity contribution is -0.124. The third-order valence-corrected chi connectivity index (χ3v) is 2.61. The van der Waals surface area contributed by atoms with Gasteiger partial charge in [0.2, 0.25) is 5.91 Å². The number of rotatable bonds is 11. The minimum absolute atomic E-state index is 0.0645. The highest BCUT2D eigenvalue weighted by atomic mass is 16.3. The molecule has 0 saturated heterocycles. The molecule has 1 unspecified atom stereocenters. The van der Waals surface area contributed by atoms with E-state index in [2.05, 4.69) is 11.9 Å². The van der Waals surface area contributed by atoms with Crippen molar-refractivity contribution < 1.29 is 9.90 Å². The van der Waals surface area contributed by atoms with Crippen molar-refractivity contribution in [2.75, 3.05) is 6.54 Å². The summed E-state index contributed by atoms with van der Waals surface area (Å²) in [5.41, 5.74) is 5.18. The molecule has 4 nitrogen and oxygen atoms in total. The number of nitrogens with one attached hydrogen (secondary N) is 1. The van der Waals surface area contributed by atoms with Crippen molar-refractivity contribution in [2.45, 2.75) is 57.6 Å². The van der Waals surface area contributed by atoms with Crippen LogP contribution in [0.3, 0.4) is 0 Å². The molecule has 1 amide bonds. The van der Waals surface area contributed by atoms with E-state index in [0.717, 1.165) is 19.3 Å². The number of carbonyl (C=O) groups excluding carboxylic acids is 1. The van der Waals surface area contributed by atoms with E-state index in [4.69, 9.17) is 10.8 Å². The Kier molecular flexibility index (Phi) is 11.0. The maximum absolute atomic E-state index is 11.2. The van der Waals surface area contributed by atoms with Crippen LogP contribution in [0.5, 0.6) is 0 Å². The number of hydrogen-bond donors (Lipinski definition) is 3. The standard InChI is InChI=1S/C13H26N2O2/c1-2-3-4-5-6-7-8-9-10-12(16)15-13(17)11-14/h2,13,17H,1,3-11,14H2,(H,15,16). The fourth-order valence-electron chi connectivity index (χ4n) is 1.60. The molecule has 0 heterocycles. The number of unbranched alkanes of at least 4 members (excludes halogenated alkanes) is 6. The first-order valence-corrected chi connectivity index (χ1v) is 6.49. The minimum atomic E-state index is -0.901. The Bertz CT molecular complexity index is 208. The Morgan fingerprint density at radius 1 is 1.24 bits per heavy atom. The molecule has 0 radical (unpaired) electrons. The molecule has 0 aliphatic carbocycles. The van der Waals surface area contributed by atoms with Crippen molar-refractivity contribution in [2.24, 2.45) is 5.73 Å². The molecule has 0 saturated carbocycles. The summed E-state index contributed by atoms with van der Waals surface area (Å²) in [6, 6.07) is 0. The van der Waals surface area contributed by atoms with Crippen LogP contribution in [0.2, 0.25) is 0 Å². The molecule has 0 rings (SSSR count). The second kappa shape index (κ2) is 11.6. The fourth-order valence-corrected chi connectivity index (χ4v) is 1.60. The Hall–Kier alpha value is -0.870. The summed E-state index contributed by atoms with van der Waals surface area (Å²) in [4.78, 5) is 11.2. The molecule has 0 bridgehead atoms. The van der Waals surface area contributed by atoms with Crippen molar-refractivity contribution in [1.29, 1.82) is 0 Å². The monoisotopic (exact) mass is 242 g/mol. The number of aliphatic hydroxyl groups excluding tert-OH is 1. The lowest BCUT2D eigenvalue weighted by Gasteiger charge is -2.09. The van der Waals surface area contributed by atoms with E-state index in [1.807, 2.05) is 6.08 Å². The topological polar surface area (TPSA) is 75.3 Å². The molecule has 17 heavy (non-hydrogen) atoms. The normalized spacial score (nSPS) is 12.1. The summed E-state index contributed by atoms with van der Waals surface area (Å²) in [5, 5.41) is 11.5. The van der Waals surface area contributed by atoms with Gasteiger partial charge in [0.05, 0.1) is 0 Å². The molecule has 100 valence electrons. The predicted molar refractivity (Wildman–Crippen MR) is 70.3 cm³/mol. The predicted octanol–water partition coefficient (Wildman–Crippen LogP) is 1.69. The zero-order valence-corrected chi connectivity index (χ0v) is 10.7. The third-order valence-electron chi connectivity index (χ3n) is 2.61. The molecule has 4 N–H and O–H groups in total. The fraction of sp³-hybridized carbons (Fsp3) is 0.769. The molecule has 4 heteroatoms. The molecular formula is C13H26N2O2. The molecule has 0 aromatic carbocycles. The van der Waals surface area contributed by atoms with E-state index < -0.39 is 6.23 Å². The van der Waals surface area contributed by atoms with Gasteiger partial charge in [-0.3, -0.25) is 4.79 Å². The average molecular weight is 242 g/mol. The van der Waals surface area contributed by atoms with Gasteiger partial charge in [0.1, 0.15) is 6.23 Å². The number of nitrogens with two attached hydrogens (primary N) is 1. The number of allylic oxidation sites excluding steroid dienone is 1. The van der Waals surface area contributed by atoms with Gasteiger partial charge in [0, 0.05) is 13.0 Å². The SMILES string of the molecule is C=CCCCCCCCCC(=O)NC(O)CN. The lowest BCUT2D eigenvalue weighted by Crippen LogP contribution is -2.39. The van der Waals surface area contributed by atoms with Gasteiger partial charge in [-0.1, -0.05) is 31.8 Å². The zero-order chi connectivity index (χ0) is 12.9. The maximum atomic E-state index is 11.2. The Labute approximate surface area is 104 Å². The van der Waals surface area contributed by atoms with Crippen LogP contribution in [-0.2, 0) is 4.79 Å².